The van der Waals surface area contributed by atoms with Gasteiger partial charge in [0.2, 0.25) is 0 Å². The van der Waals surface area contributed by atoms with Crippen LogP contribution in [0.2, 0.25) is 5.02 Å². The summed E-state index contributed by atoms with van der Waals surface area (Å²) in [6, 6.07) is 10.8. The predicted octanol–water partition coefficient (Wildman–Crippen LogP) is 3.97. The number of hydrogen-bond donors (Lipinski definition) is 0. The fourth-order valence-electron chi connectivity index (χ4n) is 3.34. The fourth-order valence-corrected chi connectivity index (χ4v) is 4.36. The van der Waals surface area contributed by atoms with Gasteiger partial charge in [0.1, 0.15) is 0 Å². The molecule has 0 saturated carbocycles. The molecule has 0 unspecified atom stereocenters. The first kappa shape index (κ1) is 24.5. The van der Waals surface area contributed by atoms with Gasteiger partial charge in [-0.2, -0.15) is 0 Å². The average molecular weight is 493 g/mol. The van der Waals surface area contributed by atoms with Gasteiger partial charge in [-0.3, -0.25) is 19.7 Å². The normalized spacial score (nSPS) is 13.9. The van der Waals surface area contributed by atoms with Crippen LogP contribution < -0.4 is 0 Å². The van der Waals surface area contributed by atoms with Crippen molar-refractivity contribution in [2.24, 2.45) is 5.92 Å². The second kappa shape index (κ2) is 11.2. The van der Waals surface area contributed by atoms with Gasteiger partial charge in [0.05, 0.1) is 28.4 Å². The van der Waals surface area contributed by atoms with Gasteiger partial charge in [0.15, 0.2) is 6.61 Å². The molecule has 174 valence electrons. The first-order valence-electron chi connectivity index (χ1n) is 10.0. The number of nitro groups is 1. The van der Waals surface area contributed by atoms with Gasteiger partial charge in [-0.1, -0.05) is 23.4 Å². The number of benzene rings is 2. The van der Waals surface area contributed by atoms with Crippen molar-refractivity contribution in [2.75, 3.05) is 26.8 Å². The van der Waals surface area contributed by atoms with E-state index in [1.54, 1.807) is 24.3 Å². The molecule has 1 aliphatic rings. The molecule has 1 saturated heterocycles. The van der Waals surface area contributed by atoms with Crippen LogP contribution in [-0.2, 0) is 19.1 Å². The molecule has 33 heavy (non-hydrogen) atoms. The summed E-state index contributed by atoms with van der Waals surface area (Å²) in [4.78, 5) is 49.9. The van der Waals surface area contributed by atoms with Crippen molar-refractivity contribution in [3.8, 4) is 0 Å². The number of carbonyl (C=O) groups is 3. The van der Waals surface area contributed by atoms with Crippen LogP contribution >= 0.6 is 23.4 Å². The number of nitro benzene ring substituents is 1. The van der Waals surface area contributed by atoms with E-state index in [0.717, 1.165) is 11.0 Å². The number of hydrogen-bond acceptors (Lipinski definition) is 8. The maximum atomic E-state index is 12.4. The lowest BCUT2D eigenvalue weighted by Gasteiger charge is -2.30. The first-order valence-corrected chi connectivity index (χ1v) is 11.2. The third kappa shape index (κ3) is 6.45. The maximum Gasteiger partial charge on any atom is 0.338 e. The third-order valence-electron chi connectivity index (χ3n) is 5.14. The molecular formula is C22H21ClN2O7S. The van der Waals surface area contributed by atoms with E-state index in [0.29, 0.717) is 35.8 Å². The Morgan fingerprint density at radius 1 is 1.15 bits per heavy atom. The molecule has 2 aromatic carbocycles. The standard InChI is InChI=1S/C22H21ClN2O7S/c1-31-21(27)14-8-10-24(11-9-14)20(26)13-32-22(28)15-2-7-19(18(12-15)25(29)30)33-17-5-3-16(23)4-6-17/h2-7,12,14H,8-11,13H2,1H3. The molecule has 1 aliphatic heterocycles. The Morgan fingerprint density at radius 3 is 2.42 bits per heavy atom. The Balaban J connectivity index is 1.60. The van der Waals surface area contributed by atoms with Gasteiger partial charge in [-0.15, -0.1) is 0 Å². The lowest BCUT2D eigenvalue weighted by atomic mass is 9.97. The quantitative estimate of drug-likeness (QED) is 0.324. The van der Waals surface area contributed by atoms with Crippen molar-refractivity contribution in [1.29, 1.82) is 0 Å². The predicted molar refractivity (Wildman–Crippen MR) is 120 cm³/mol. The number of piperidine rings is 1. The van der Waals surface area contributed by atoms with Crippen LogP contribution in [0.5, 0.6) is 0 Å². The molecule has 0 spiro atoms. The van der Waals surface area contributed by atoms with Crippen molar-refractivity contribution >= 4 is 46.9 Å². The first-order chi connectivity index (χ1) is 15.8. The molecule has 0 aromatic heterocycles. The fraction of sp³-hybridized carbons (Fsp3) is 0.318. The summed E-state index contributed by atoms with van der Waals surface area (Å²) >= 11 is 7.03. The van der Waals surface area contributed by atoms with Gasteiger partial charge < -0.3 is 14.4 Å². The molecule has 0 radical (unpaired) electrons. The lowest BCUT2D eigenvalue weighted by molar-refractivity contribution is -0.387. The summed E-state index contributed by atoms with van der Waals surface area (Å²) in [5, 5.41) is 12.1. The van der Waals surface area contributed by atoms with E-state index < -0.39 is 23.4 Å². The zero-order chi connectivity index (χ0) is 24.0. The molecule has 9 nitrogen and oxygen atoms in total. The molecule has 0 N–H and O–H groups in total. The molecule has 1 fully saturated rings. The number of halogens is 1. The van der Waals surface area contributed by atoms with Gasteiger partial charge >= 0.3 is 11.9 Å². The van der Waals surface area contributed by atoms with Crippen LogP contribution in [0.3, 0.4) is 0 Å². The van der Waals surface area contributed by atoms with Crippen molar-refractivity contribution < 1.29 is 28.8 Å². The molecule has 0 atom stereocenters. The molecule has 2 aromatic rings. The summed E-state index contributed by atoms with van der Waals surface area (Å²) in [6.07, 6.45) is 0.955. The van der Waals surface area contributed by atoms with Crippen molar-refractivity contribution in [3.05, 3.63) is 63.2 Å². The van der Waals surface area contributed by atoms with Crippen LogP contribution in [0.1, 0.15) is 23.2 Å². The van der Waals surface area contributed by atoms with Gasteiger partial charge in [0, 0.05) is 29.1 Å². The van der Waals surface area contributed by atoms with Crippen molar-refractivity contribution in [3.63, 3.8) is 0 Å². The lowest BCUT2D eigenvalue weighted by Crippen LogP contribution is -2.42. The van der Waals surface area contributed by atoms with Gasteiger partial charge in [-0.25, -0.2) is 4.79 Å². The highest BCUT2D eigenvalue weighted by molar-refractivity contribution is 7.99. The molecule has 11 heteroatoms. The highest BCUT2D eigenvalue weighted by Gasteiger charge is 2.28. The minimum Gasteiger partial charge on any atom is -0.469 e. The SMILES string of the molecule is COC(=O)C1CCN(C(=O)COC(=O)c2ccc(Sc3ccc(Cl)cc3)c([N+](=O)[O-])c2)CC1. The number of esters is 2. The Kier molecular flexibility index (Phi) is 8.29. The van der Waals surface area contributed by atoms with Crippen molar-refractivity contribution in [1.82, 2.24) is 4.90 Å². The van der Waals surface area contributed by atoms with E-state index in [1.807, 2.05) is 0 Å². The Bertz CT molecular complexity index is 1050. The molecule has 0 bridgehead atoms. The molecule has 1 heterocycles. The van der Waals surface area contributed by atoms with Crippen LogP contribution in [0, 0.1) is 16.0 Å². The summed E-state index contributed by atoms with van der Waals surface area (Å²) in [7, 11) is 1.33. The molecule has 0 aliphatic carbocycles. The van der Waals surface area contributed by atoms with E-state index in [2.05, 4.69) is 0 Å². The molecule has 1 amide bonds. The Labute approximate surface area is 199 Å². The highest BCUT2D eigenvalue weighted by atomic mass is 35.5. The minimum atomic E-state index is -0.834. The van der Waals surface area contributed by atoms with E-state index in [-0.39, 0.29) is 23.1 Å². The number of rotatable bonds is 7. The highest BCUT2D eigenvalue weighted by Crippen LogP contribution is 2.36. The van der Waals surface area contributed by atoms with Crippen LogP contribution in [0.25, 0.3) is 0 Å². The summed E-state index contributed by atoms with van der Waals surface area (Å²) in [6.45, 7) is 0.229. The summed E-state index contributed by atoms with van der Waals surface area (Å²) in [5.74, 6) is -1.77. The van der Waals surface area contributed by atoms with Crippen LogP contribution in [0.15, 0.2) is 52.3 Å². The zero-order valence-electron chi connectivity index (χ0n) is 17.7. The summed E-state index contributed by atoms with van der Waals surface area (Å²) < 4.78 is 9.80. The van der Waals surface area contributed by atoms with Crippen molar-refractivity contribution in [2.45, 2.75) is 22.6 Å². The molecular weight excluding hydrogens is 472 g/mol. The van der Waals surface area contributed by atoms with Crippen LogP contribution in [0.4, 0.5) is 5.69 Å². The Hall–Kier alpha value is -3.11. The number of methoxy groups -OCH3 is 1. The van der Waals surface area contributed by atoms with Gasteiger partial charge in [-0.05, 0) is 49.2 Å². The van der Waals surface area contributed by atoms with E-state index in [4.69, 9.17) is 21.1 Å². The minimum absolute atomic E-state index is 0.0284. The smallest absolute Gasteiger partial charge is 0.338 e. The second-order valence-corrected chi connectivity index (χ2v) is 8.80. The largest absolute Gasteiger partial charge is 0.469 e. The third-order valence-corrected chi connectivity index (χ3v) is 6.47. The number of ether oxygens (including phenoxy) is 2. The number of likely N-dealkylation sites (tertiary alicyclic amines) is 1. The average Bonchev–Trinajstić information content (AvgIpc) is 2.83. The van der Waals surface area contributed by atoms with E-state index >= 15 is 0 Å². The number of carbonyl (C=O) groups excluding carboxylic acids is 3. The maximum absolute atomic E-state index is 12.4. The number of amides is 1. The van der Waals surface area contributed by atoms with Gasteiger partial charge in [0.25, 0.3) is 11.6 Å². The summed E-state index contributed by atoms with van der Waals surface area (Å²) in [5.41, 5.74) is -0.278. The topological polar surface area (TPSA) is 116 Å². The monoisotopic (exact) mass is 492 g/mol. The zero-order valence-corrected chi connectivity index (χ0v) is 19.3. The van der Waals surface area contributed by atoms with Crippen LogP contribution in [-0.4, -0.2) is 54.5 Å². The second-order valence-electron chi connectivity index (χ2n) is 7.25. The number of nitrogens with zero attached hydrogens (tertiary/aromatic N) is 2. The van der Waals surface area contributed by atoms with E-state index in [9.17, 15) is 24.5 Å². The Morgan fingerprint density at radius 2 is 1.82 bits per heavy atom. The molecule has 3 rings (SSSR count). The van der Waals surface area contributed by atoms with E-state index in [1.165, 1.54) is 35.9 Å².